The first-order valence-corrected chi connectivity index (χ1v) is 7.02. The molecule has 18 heavy (non-hydrogen) atoms. The third-order valence-electron chi connectivity index (χ3n) is 3.33. The van der Waals surface area contributed by atoms with Crippen molar-refractivity contribution < 1.29 is 4.74 Å². The van der Waals surface area contributed by atoms with E-state index >= 15 is 0 Å². The zero-order valence-electron chi connectivity index (χ0n) is 11.0. The highest BCUT2D eigenvalue weighted by Gasteiger charge is 2.12. The van der Waals surface area contributed by atoms with E-state index in [0.29, 0.717) is 6.10 Å². The zero-order valence-corrected chi connectivity index (χ0v) is 11.0. The first kappa shape index (κ1) is 13.4. The number of hydrogen-bond acceptors (Lipinski definition) is 4. The van der Waals surface area contributed by atoms with Crippen molar-refractivity contribution in [3.63, 3.8) is 0 Å². The smallest absolute Gasteiger partial charge is 0.0724 e. The Bertz CT molecular complexity index is 312. The minimum absolute atomic E-state index is 0.527. The quantitative estimate of drug-likeness (QED) is 0.753. The molecule has 0 bridgehead atoms. The lowest BCUT2D eigenvalue weighted by Gasteiger charge is -2.21. The van der Waals surface area contributed by atoms with Gasteiger partial charge in [0.1, 0.15) is 0 Å². The Morgan fingerprint density at radius 1 is 1.22 bits per heavy atom. The summed E-state index contributed by atoms with van der Waals surface area (Å²) in [6.07, 6.45) is 13.4. The van der Waals surface area contributed by atoms with E-state index in [1.807, 2.05) is 0 Å². The van der Waals surface area contributed by atoms with Crippen LogP contribution in [-0.2, 0) is 11.3 Å². The van der Waals surface area contributed by atoms with E-state index < -0.39 is 0 Å². The highest BCUT2D eigenvalue weighted by atomic mass is 16.5. The third-order valence-corrected chi connectivity index (χ3v) is 3.33. The van der Waals surface area contributed by atoms with Gasteiger partial charge in [0.05, 0.1) is 11.8 Å². The molecule has 2 rings (SSSR count). The molecule has 1 aromatic rings. The SMILES string of the molecule is c1cnc(CNCCCOC2CCCCC2)cn1. The van der Waals surface area contributed by atoms with Crippen LogP contribution < -0.4 is 5.32 Å². The fourth-order valence-corrected chi connectivity index (χ4v) is 2.32. The van der Waals surface area contributed by atoms with Crippen molar-refractivity contribution in [2.75, 3.05) is 13.2 Å². The van der Waals surface area contributed by atoms with Gasteiger partial charge in [-0.25, -0.2) is 0 Å². The van der Waals surface area contributed by atoms with E-state index in [1.54, 1.807) is 18.6 Å². The average molecular weight is 249 g/mol. The average Bonchev–Trinajstić information content (AvgIpc) is 2.45. The second kappa shape index (κ2) is 8.16. The minimum Gasteiger partial charge on any atom is -0.378 e. The maximum Gasteiger partial charge on any atom is 0.0724 e. The van der Waals surface area contributed by atoms with Crippen molar-refractivity contribution in [3.8, 4) is 0 Å². The summed E-state index contributed by atoms with van der Waals surface area (Å²) in [5, 5.41) is 3.36. The molecule has 1 fully saturated rings. The van der Waals surface area contributed by atoms with E-state index in [1.165, 1.54) is 32.1 Å². The second-order valence-corrected chi connectivity index (χ2v) is 4.86. The van der Waals surface area contributed by atoms with Crippen molar-refractivity contribution in [1.29, 1.82) is 0 Å². The Balaban J connectivity index is 1.46. The van der Waals surface area contributed by atoms with Gasteiger partial charge in [-0.1, -0.05) is 19.3 Å². The van der Waals surface area contributed by atoms with E-state index in [0.717, 1.165) is 31.8 Å². The van der Waals surface area contributed by atoms with E-state index in [4.69, 9.17) is 4.74 Å². The second-order valence-electron chi connectivity index (χ2n) is 4.86. The lowest BCUT2D eigenvalue weighted by molar-refractivity contribution is 0.0273. The van der Waals surface area contributed by atoms with Gasteiger partial charge in [0.2, 0.25) is 0 Å². The van der Waals surface area contributed by atoms with E-state index in [9.17, 15) is 0 Å². The van der Waals surface area contributed by atoms with Gasteiger partial charge in [-0.2, -0.15) is 0 Å². The Labute approximate surface area is 109 Å². The molecule has 1 aromatic heterocycles. The van der Waals surface area contributed by atoms with E-state index in [-0.39, 0.29) is 0 Å². The van der Waals surface area contributed by atoms with Gasteiger partial charge in [-0.15, -0.1) is 0 Å². The predicted octanol–water partition coefficient (Wildman–Crippen LogP) is 2.31. The third kappa shape index (κ3) is 5.10. The first-order chi connectivity index (χ1) is 8.95. The summed E-state index contributed by atoms with van der Waals surface area (Å²) in [6.45, 7) is 2.64. The number of ether oxygens (including phenoxy) is 1. The normalized spacial score (nSPS) is 16.9. The highest BCUT2D eigenvalue weighted by molar-refractivity contribution is 4.93. The van der Waals surface area contributed by atoms with Crippen LogP contribution in [0.15, 0.2) is 18.6 Å². The number of aromatic nitrogens is 2. The van der Waals surface area contributed by atoms with Gasteiger partial charge in [0, 0.05) is 31.7 Å². The highest BCUT2D eigenvalue weighted by Crippen LogP contribution is 2.20. The fraction of sp³-hybridized carbons (Fsp3) is 0.714. The molecule has 0 unspecified atom stereocenters. The molecule has 1 heterocycles. The summed E-state index contributed by atoms with van der Waals surface area (Å²) in [5.74, 6) is 0. The van der Waals surface area contributed by atoms with Gasteiger partial charge in [0.25, 0.3) is 0 Å². The van der Waals surface area contributed by atoms with Crippen LogP contribution in [-0.4, -0.2) is 29.2 Å². The van der Waals surface area contributed by atoms with Crippen molar-refractivity contribution in [2.24, 2.45) is 0 Å². The predicted molar refractivity (Wildman–Crippen MR) is 71.2 cm³/mol. The topological polar surface area (TPSA) is 47.0 Å². The summed E-state index contributed by atoms with van der Waals surface area (Å²) in [4.78, 5) is 8.25. The van der Waals surface area contributed by atoms with Gasteiger partial charge < -0.3 is 10.1 Å². The molecule has 0 saturated heterocycles. The number of nitrogens with one attached hydrogen (secondary N) is 1. The summed E-state index contributed by atoms with van der Waals surface area (Å²) in [7, 11) is 0. The molecule has 0 atom stereocenters. The Kier molecular flexibility index (Phi) is 6.09. The lowest BCUT2D eigenvalue weighted by atomic mass is 9.98. The zero-order chi connectivity index (χ0) is 12.5. The summed E-state index contributed by atoms with van der Waals surface area (Å²) >= 11 is 0. The van der Waals surface area contributed by atoms with Crippen LogP contribution in [0.3, 0.4) is 0 Å². The Hall–Kier alpha value is -1.00. The molecule has 1 N–H and O–H groups in total. The molecule has 0 aliphatic heterocycles. The first-order valence-electron chi connectivity index (χ1n) is 7.02. The molecule has 0 amide bonds. The molecule has 4 nitrogen and oxygen atoms in total. The van der Waals surface area contributed by atoms with Crippen molar-refractivity contribution in [2.45, 2.75) is 51.2 Å². The van der Waals surface area contributed by atoms with Crippen LogP contribution in [0.1, 0.15) is 44.2 Å². The molecular weight excluding hydrogens is 226 g/mol. The summed E-state index contributed by atoms with van der Waals surface area (Å²) < 4.78 is 5.87. The van der Waals surface area contributed by atoms with Crippen LogP contribution >= 0.6 is 0 Å². The molecule has 1 saturated carbocycles. The monoisotopic (exact) mass is 249 g/mol. The molecular formula is C14H23N3O. The van der Waals surface area contributed by atoms with Crippen LogP contribution in [0, 0.1) is 0 Å². The number of rotatable bonds is 7. The Morgan fingerprint density at radius 2 is 2.11 bits per heavy atom. The molecule has 4 heteroatoms. The van der Waals surface area contributed by atoms with Crippen molar-refractivity contribution >= 4 is 0 Å². The van der Waals surface area contributed by atoms with Crippen LogP contribution in [0.25, 0.3) is 0 Å². The van der Waals surface area contributed by atoms with Crippen LogP contribution in [0.5, 0.6) is 0 Å². The van der Waals surface area contributed by atoms with Gasteiger partial charge in [0.15, 0.2) is 0 Å². The molecule has 1 aliphatic rings. The molecule has 0 aromatic carbocycles. The standard InChI is InChI=1S/C14H23N3O/c1-2-5-14(6-3-1)18-10-4-7-15-11-13-12-16-8-9-17-13/h8-9,12,14-15H,1-7,10-11H2. The maximum atomic E-state index is 5.87. The van der Waals surface area contributed by atoms with Gasteiger partial charge >= 0.3 is 0 Å². The summed E-state index contributed by atoms with van der Waals surface area (Å²) in [5.41, 5.74) is 0.991. The summed E-state index contributed by atoms with van der Waals surface area (Å²) in [6, 6.07) is 0. The van der Waals surface area contributed by atoms with Crippen LogP contribution in [0.4, 0.5) is 0 Å². The largest absolute Gasteiger partial charge is 0.378 e. The molecule has 0 radical (unpaired) electrons. The van der Waals surface area contributed by atoms with Gasteiger partial charge in [-0.3, -0.25) is 9.97 Å². The molecule has 0 spiro atoms. The minimum atomic E-state index is 0.527. The molecule has 100 valence electrons. The number of hydrogen-bond donors (Lipinski definition) is 1. The Morgan fingerprint density at radius 3 is 2.89 bits per heavy atom. The maximum absolute atomic E-state index is 5.87. The van der Waals surface area contributed by atoms with Gasteiger partial charge in [-0.05, 0) is 25.8 Å². The van der Waals surface area contributed by atoms with Crippen LogP contribution in [0.2, 0.25) is 0 Å². The fourth-order valence-electron chi connectivity index (χ4n) is 2.32. The van der Waals surface area contributed by atoms with Crippen molar-refractivity contribution in [3.05, 3.63) is 24.3 Å². The lowest BCUT2D eigenvalue weighted by Crippen LogP contribution is -2.21. The van der Waals surface area contributed by atoms with Crippen molar-refractivity contribution in [1.82, 2.24) is 15.3 Å². The molecule has 1 aliphatic carbocycles. The number of nitrogens with zero attached hydrogens (tertiary/aromatic N) is 2. The van der Waals surface area contributed by atoms with E-state index in [2.05, 4.69) is 15.3 Å².